The highest BCUT2D eigenvalue weighted by Crippen LogP contribution is 2.22. The number of terminal acetylenes is 1. The summed E-state index contributed by atoms with van der Waals surface area (Å²) in [6, 6.07) is 7.94. The summed E-state index contributed by atoms with van der Waals surface area (Å²) in [5.41, 5.74) is 0.976. The summed E-state index contributed by atoms with van der Waals surface area (Å²) in [5, 5.41) is 0. The van der Waals surface area contributed by atoms with Crippen LogP contribution < -0.4 is 0 Å². The molecule has 0 aliphatic rings. The van der Waals surface area contributed by atoms with Gasteiger partial charge in [-0.15, -0.1) is 19.1 Å². The van der Waals surface area contributed by atoms with E-state index in [4.69, 9.17) is 6.42 Å². The molecule has 0 aliphatic carbocycles. The molecule has 0 fully saturated rings. The van der Waals surface area contributed by atoms with Crippen LogP contribution in [-0.2, 0) is 5.41 Å². The van der Waals surface area contributed by atoms with Gasteiger partial charge in [0.15, 0.2) is 0 Å². The smallest absolute Gasteiger partial charge is 0.0504 e. The minimum absolute atomic E-state index is 0.179. The number of rotatable bonds is 1. The molecule has 0 nitrogen and oxygen atoms in total. The van der Waals surface area contributed by atoms with Crippen molar-refractivity contribution in [3.05, 3.63) is 29.8 Å². The van der Waals surface area contributed by atoms with Crippen molar-refractivity contribution in [1.82, 2.24) is 0 Å². The zero-order valence-corrected chi connectivity index (χ0v) is 8.23. The van der Waals surface area contributed by atoms with Crippen molar-refractivity contribution in [1.29, 1.82) is 0 Å². The number of thiol groups is 1. The summed E-state index contributed by atoms with van der Waals surface area (Å²) >= 11 is 4.20. The van der Waals surface area contributed by atoms with Crippen LogP contribution >= 0.6 is 12.6 Å². The fourth-order valence-corrected chi connectivity index (χ4v) is 1.11. The lowest BCUT2D eigenvalue weighted by Gasteiger charge is -2.17. The molecule has 0 N–H and O–H groups in total. The Bertz CT molecular complexity index is 301. The molecule has 0 amide bonds. The first kappa shape index (κ1) is 9.22. The normalized spacial score (nSPS) is 10.8. The van der Waals surface area contributed by atoms with Crippen LogP contribution in [0.5, 0.6) is 0 Å². The molecule has 0 heterocycles. The van der Waals surface area contributed by atoms with E-state index in [1.165, 1.54) is 0 Å². The Morgan fingerprint density at radius 1 is 1.25 bits per heavy atom. The molecule has 1 heteroatoms. The molecule has 0 radical (unpaired) electrons. The molecule has 0 spiro atoms. The Morgan fingerprint density at radius 2 is 1.75 bits per heavy atom. The quantitative estimate of drug-likeness (QED) is 0.493. The maximum Gasteiger partial charge on any atom is 0.0504 e. The molecule has 0 saturated heterocycles. The van der Waals surface area contributed by atoms with Crippen molar-refractivity contribution in [2.45, 2.75) is 24.2 Å². The van der Waals surface area contributed by atoms with E-state index in [1.54, 1.807) is 0 Å². The molecule has 0 aromatic heterocycles. The first-order valence-corrected chi connectivity index (χ1v) is 4.28. The fourth-order valence-electron chi connectivity index (χ4n) is 0.961. The SMILES string of the molecule is C#CC(C)(C)c1ccc(S)cc1. The highest BCUT2D eigenvalue weighted by molar-refractivity contribution is 7.80. The molecular formula is C11H12S. The van der Waals surface area contributed by atoms with Crippen molar-refractivity contribution in [2.75, 3.05) is 0 Å². The van der Waals surface area contributed by atoms with Gasteiger partial charge in [0, 0.05) is 4.90 Å². The molecular weight excluding hydrogens is 164 g/mol. The molecule has 0 atom stereocenters. The summed E-state index contributed by atoms with van der Waals surface area (Å²) < 4.78 is 0. The summed E-state index contributed by atoms with van der Waals surface area (Å²) in [7, 11) is 0. The van der Waals surface area contributed by atoms with Crippen LogP contribution in [0.25, 0.3) is 0 Å². The second kappa shape index (κ2) is 3.25. The van der Waals surface area contributed by atoms with Gasteiger partial charge in [0.05, 0.1) is 5.41 Å². The van der Waals surface area contributed by atoms with Gasteiger partial charge in [0.2, 0.25) is 0 Å². The molecule has 0 unspecified atom stereocenters. The first-order chi connectivity index (χ1) is 5.56. The molecule has 62 valence electrons. The van der Waals surface area contributed by atoms with Gasteiger partial charge in [-0.25, -0.2) is 0 Å². The van der Waals surface area contributed by atoms with Crippen LogP contribution in [0.1, 0.15) is 19.4 Å². The standard InChI is InChI=1S/C11H12S/c1-4-11(2,3)9-5-7-10(12)8-6-9/h1,5-8,12H,2-3H3. The molecule has 1 rings (SSSR count). The highest BCUT2D eigenvalue weighted by atomic mass is 32.1. The third-order valence-electron chi connectivity index (χ3n) is 1.95. The van der Waals surface area contributed by atoms with Crippen LogP contribution in [-0.4, -0.2) is 0 Å². The average molecular weight is 176 g/mol. The van der Waals surface area contributed by atoms with Crippen LogP contribution in [0.2, 0.25) is 0 Å². The Labute approximate surface area is 79.4 Å². The lowest BCUT2D eigenvalue weighted by molar-refractivity contribution is 0.698. The molecule has 0 bridgehead atoms. The highest BCUT2D eigenvalue weighted by Gasteiger charge is 2.15. The summed E-state index contributed by atoms with van der Waals surface area (Å²) in [5.74, 6) is 2.75. The minimum atomic E-state index is -0.179. The molecule has 1 aromatic rings. The fraction of sp³-hybridized carbons (Fsp3) is 0.273. The topological polar surface area (TPSA) is 0 Å². The van der Waals surface area contributed by atoms with E-state index in [2.05, 4.69) is 18.5 Å². The Hall–Kier alpha value is -0.870. The Balaban J connectivity index is 3.07. The molecule has 12 heavy (non-hydrogen) atoms. The third-order valence-corrected chi connectivity index (χ3v) is 2.25. The van der Waals surface area contributed by atoms with Crippen molar-refractivity contribution < 1.29 is 0 Å². The summed E-state index contributed by atoms with van der Waals surface area (Å²) in [6.07, 6.45) is 5.41. The third kappa shape index (κ3) is 1.84. The zero-order valence-electron chi connectivity index (χ0n) is 7.33. The molecule has 1 aromatic carbocycles. The van der Waals surface area contributed by atoms with Gasteiger partial charge >= 0.3 is 0 Å². The average Bonchev–Trinajstić information content (AvgIpc) is 2.05. The van der Waals surface area contributed by atoms with Gasteiger partial charge < -0.3 is 0 Å². The van der Waals surface area contributed by atoms with Gasteiger partial charge in [0.1, 0.15) is 0 Å². The van der Waals surface area contributed by atoms with E-state index in [1.807, 2.05) is 38.1 Å². The second-order valence-electron chi connectivity index (χ2n) is 3.32. The van der Waals surface area contributed by atoms with E-state index in [-0.39, 0.29) is 5.41 Å². The van der Waals surface area contributed by atoms with Crippen molar-refractivity contribution >= 4 is 12.6 Å². The van der Waals surface area contributed by atoms with Gasteiger partial charge in [0.25, 0.3) is 0 Å². The van der Waals surface area contributed by atoms with Gasteiger partial charge in [-0.1, -0.05) is 18.1 Å². The largest absolute Gasteiger partial charge is 0.143 e. The lowest BCUT2D eigenvalue weighted by atomic mass is 9.86. The van der Waals surface area contributed by atoms with Crippen LogP contribution in [0.3, 0.4) is 0 Å². The maximum absolute atomic E-state index is 5.41. The van der Waals surface area contributed by atoms with Crippen LogP contribution in [0, 0.1) is 12.3 Å². The zero-order chi connectivity index (χ0) is 9.19. The van der Waals surface area contributed by atoms with E-state index >= 15 is 0 Å². The van der Waals surface area contributed by atoms with Crippen molar-refractivity contribution in [2.24, 2.45) is 0 Å². The van der Waals surface area contributed by atoms with E-state index in [0.717, 1.165) is 10.5 Å². The number of hydrogen-bond acceptors (Lipinski definition) is 1. The van der Waals surface area contributed by atoms with Crippen molar-refractivity contribution in [3.63, 3.8) is 0 Å². The Kier molecular flexibility index (Phi) is 2.49. The minimum Gasteiger partial charge on any atom is -0.143 e. The van der Waals surface area contributed by atoms with Crippen molar-refractivity contribution in [3.8, 4) is 12.3 Å². The summed E-state index contributed by atoms with van der Waals surface area (Å²) in [4.78, 5) is 0.964. The van der Waals surface area contributed by atoms with Crippen LogP contribution in [0.15, 0.2) is 29.2 Å². The Morgan fingerprint density at radius 3 is 2.17 bits per heavy atom. The monoisotopic (exact) mass is 176 g/mol. The lowest BCUT2D eigenvalue weighted by Crippen LogP contribution is -2.13. The summed E-state index contributed by atoms with van der Waals surface area (Å²) in [6.45, 7) is 4.06. The van der Waals surface area contributed by atoms with Gasteiger partial charge in [-0.2, -0.15) is 0 Å². The molecule has 0 aliphatic heterocycles. The number of benzene rings is 1. The maximum atomic E-state index is 5.41. The van der Waals surface area contributed by atoms with Gasteiger partial charge in [-0.05, 0) is 31.5 Å². The van der Waals surface area contributed by atoms with E-state index in [9.17, 15) is 0 Å². The first-order valence-electron chi connectivity index (χ1n) is 3.83. The predicted octanol–water partition coefficient (Wildman–Crippen LogP) is 2.89. The number of hydrogen-bond donors (Lipinski definition) is 1. The molecule has 0 saturated carbocycles. The van der Waals surface area contributed by atoms with Crippen LogP contribution in [0.4, 0.5) is 0 Å². The predicted molar refractivity (Wildman–Crippen MR) is 55.6 cm³/mol. The van der Waals surface area contributed by atoms with E-state index < -0.39 is 0 Å². The van der Waals surface area contributed by atoms with Gasteiger partial charge in [-0.3, -0.25) is 0 Å². The van der Waals surface area contributed by atoms with E-state index in [0.29, 0.717) is 0 Å². The second-order valence-corrected chi connectivity index (χ2v) is 3.83.